The van der Waals surface area contributed by atoms with Crippen LogP contribution in [0.25, 0.3) is 0 Å². The number of carbonyl (C=O) groups excluding carboxylic acids is 1. The number of fused-ring (bicyclic) bond motifs is 1. The molecule has 2 aromatic rings. The number of benzene rings is 2. The van der Waals surface area contributed by atoms with Gasteiger partial charge in [-0.3, -0.25) is 4.79 Å². The number of hydrogen-bond donors (Lipinski definition) is 1. The van der Waals surface area contributed by atoms with Crippen LogP contribution in [0.4, 0.5) is 0 Å². The van der Waals surface area contributed by atoms with Crippen LogP contribution in [0.15, 0.2) is 47.4 Å². The Morgan fingerprint density at radius 1 is 1.03 bits per heavy atom. The van der Waals surface area contributed by atoms with Crippen LogP contribution >= 0.6 is 0 Å². The van der Waals surface area contributed by atoms with Gasteiger partial charge in [0.2, 0.25) is 15.9 Å². The molecule has 1 amide bonds. The monoisotopic (exact) mass is 458 g/mol. The molecule has 1 aliphatic heterocycles. The second kappa shape index (κ2) is 9.50. The quantitative estimate of drug-likeness (QED) is 0.718. The molecule has 0 saturated heterocycles. The smallest absolute Gasteiger partial charge is 0.244 e. The van der Waals surface area contributed by atoms with Gasteiger partial charge in [-0.25, -0.2) is 8.42 Å². The van der Waals surface area contributed by atoms with E-state index in [9.17, 15) is 13.2 Å². The van der Waals surface area contributed by atoms with Crippen LogP contribution in [0.5, 0.6) is 11.5 Å². The van der Waals surface area contributed by atoms with E-state index in [2.05, 4.69) is 5.32 Å². The highest BCUT2D eigenvalue weighted by Crippen LogP contribution is 2.39. The van der Waals surface area contributed by atoms with E-state index in [1.165, 1.54) is 31.0 Å². The van der Waals surface area contributed by atoms with E-state index >= 15 is 0 Å². The molecule has 7 nitrogen and oxygen atoms in total. The predicted octanol–water partition coefficient (Wildman–Crippen LogP) is 3.27. The highest BCUT2D eigenvalue weighted by Gasteiger charge is 2.43. The molecule has 1 heterocycles. The Kier molecular flexibility index (Phi) is 6.71. The van der Waals surface area contributed by atoms with E-state index in [1.807, 2.05) is 30.3 Å². The lowest BCUT2D eigenvalue weighted by Crippen LogP contribution is -2.54. The van der Waals surface area contributed by atoms with Crippen molar-refractivity contribution in [2.75, 3.05) is 14.2 Å². The molecule has 1 N–H and O–H groups in total. The van der Waals surface area contributed by atoms with Crippen molar-refractivity contribution in [3.8, 4) is 11.5 Å². The Balaban J connectivity index is 1.73. The van der Waals surface area contributed by atoms with E-state index in [1.54, 1.807) is 6.07 Å². The minimum atomic E-state index is -3.94. The highest BCUT2D eigenvalue weighted by molar-refractivity contribution is 7.89. The first-order valence-corrected chi connectivity index (χ1v) is 12.5. The lowest BCUT2D eigenvalue weighted by Gasteiger charge is -2.36. The SMILES string of the molecule is COc1cc2c(cc1OC)S(=O)(=O)N(Cc1ccccc1)C(C(=O)NC1CCCCC1)C2. The van der Waals surface area contributed by atoms with Gasteiger partial charge < -0.3 is 14.8 Å². The van der Waals surface area contributed by atoms with Crippen molar-refractivity contribution in [1.29, 1.82) is 0 Å². The predicted molar refractivity (Wildman–Crippen MR) is 121 cm³/mol. The number of hydrogen-bond acceptors (Lipinski definition) is 5. The molecule has 172 valence electrons. The fourth-order valence-electron chi connectivity index (χ4n) is 4.63. The average molecular weight is 459 g/mol. The zero-order valence-corrected chi connectivity index (χ0v) is 19.4. The van der Waals surface area contributed by atoms with Gasteiger partial charge >= 0.3 is 0 Å². The van der Waals surface area contributed by atoms with Crippen molar-refractivity contribution in [2.24, 2.45) is 0 Å². The van der Waals surface area contributed by atoms with Crippen molar-refractivity contribution in [3.63, 3.8) is 0 Å². The van der Waals surface area contributed by atoms with Crippen LogP contribution in [-0.2, 0) is 27.8 Å². The first-order chi connectivity index (χ1) is 15.4. The van der Waals surface area contributed by atoms with E-state index < -0.39 is 16.1 Å². The van der Waals surface area contributed by atoms with E-state index in [0.29, 0.717) is 17.1 Å². The number of nitrogens with zero attached hydrogens (tertiary/aromatic N) is 1. The minimum absolute atomic E-state index is 0.101. The first kappa shape index (κ1) is 22.6. The molecule has 1 fully saturated rings. The van der Waals surface area contributed by atoms with E-state index in [-0.39, 0.29) is 29.8 Å². The fraction of sp³-hybridized carbons (Fsp3) is 0.458. The maximum absolute atomic E-state index is 13.7. The summed E-state index contributed by atoms with van der Waals surface area (Å²) in [5.41, 5.74) is 1.39. The molecule has 8 heteroatoms. The molecule has 2 aliphatic rings. The largest absolute Gasteiger partial charge is 0.493 e. The molecule has 2 aromatic carbocycles. The van der Waals surface area contributed by atoms with Crippen molar-refractivity contribution >= 4 is 15.9 Å². The molecule has 0 aromatic heterocycles. The molecule has 32 heavy (non-hydrogen) atoms. The summed E-state index contributed by atoms with van der Waals surface area (Å²) in [6.45, 7) is 0.125. The molecule has 1 aliphatic carbocycles. The topological polar surface area (TPSA) is 84.9 Å². The number of rotatable bonds is 6. The molecule has 0 bridgehead atoms. The van der Waals surface area contributed by atoms with Crippen molar-refractivity contribution in [1.82, 2.24) is 9.62 Å². The van der Waals surface area contributed by atoms with Gasteiger partial charge in [0.1, 0.15) is 6.04 Å². The summed E-state index contributed by atoms with van der Waals surface area (Å²) in [5.74, 6) is 0.556. The zero-order chi connectivity index (χ0) is 22.7. The third-order valence-corrected chi connectivity index (χ3v) is 8.29. The van der Waals surface area contributed by atoms with Gasteiger partial charge in [-0.1, -0.05) is 49.6 Å². The number of nitrogens with one attached hydrogen (secondary N) is 1. The Labute approximate surface area is 189 Å². The van der Waals surface area contributed by atoms with Crippen LogP contribution in [-0.4, -0.2) is 44.9 Å². The van der Waals surface area contributed by atoms with Gasteiger partial charge in [0, 0.05) is 18.7 Å². The van der Waals surface area contributed by atoms with Crippen LogP contribution in [0.2, 0.25) is 0 Å². The Morgan fingerprint density at radius 2 is 1.69 bits per heavy atom. The molecule has 1 saturated carbocycles. The summed E-state index contributed by atoms with van der Waals surface area (Å²) in [5, 5.41) is 3.12. The summed E-state index contributed by atoms with van der Waals surface area (Å²) in [7, 11) is -0.952. The number of ether oxygens (including phenoxy) is 2. The van der Waals surface area contributed by atoms with Crippen molar-refractivity contribution < 1.29 is 22.7 Å². The zero-order valence-electron chi connectivity index (χ0n) is 18.5. The summed E-state index contributed by atoms with van der Waals surface area (Å²) in [6.07, 6.45) is 5.50. The maximum Gasteiger partial charge on any atom is 0.244 e. The third-order valence-electron chi connectivity index (χ3n) is 6.35. The average Bonchev–Trinajstić information content (AvgIpc) is 2.81. The molecule has 1 atom stereocenters. The lowest BCUT2D eigenvalue weighted by molar-refractivity contribution is -0.126. The van der Waals surface area contributed by atoms with E-state index in [4.69, 9.17) is 9.47 Å². The van der Waals surface area contributed by atoms with E-state index in [0.717, 1.165) is 31.2 Å². The maximum atomic E-state index is 13.7. The summed E-state index contributed by atoms with van der Waals surface area (Å²) >= 11 is 0. The Bertz CT molecular complexity index is 1070. The van der Waals surface area contributed by atoms with Crippen LogP contribution in [0.3, 0.4) is 0 Å². The van der Waals surface area contributed by atoms with Crippen LogP contribution in [0.1, 0.15) is 43.2 Å². The van der Waals surface area contributed by atoms with Crippen LogP contribution < -0.4 is 14.8 Å². The van der Waals surface area contributed by atoms with Gasteiger partial charge in [0.05, 0.1) is 19.1 Å². The second-order valence-electron chi connectivity index (χ2n) is 8.41. The standard InChI is InChI=1S/C24H30N2O5S/c1-30-21-14-18-13-20(24(27)25-19-11-7-4-8-12-19)26(16-17-9-5-3-6-10-17)32(28,29)23(18)15-22(21)31-2/h3,5-6,9-10,14-15,19-20H,4,7-8,11-13,16H2,1-2H3,(H,25,27). The van der Waals surface area contributed by atoms with Gasteiger partial charge in [0.15, 0.2) is 11.5 Å². The number of amides is 1. The number of methoxy groups -OCH3 is 2. The molecule has 0 spiro atoms. The summed E-state index contributed by atoms with van der Waals surface area (Å²) in [4.78, 5) is 13.5. The molecular formula is C24H30N2O5S. The number of sulfonamides is 1. The second-order valence-corrected chi connectivity index (χ2v) is 10.3. The van der Waals surface area contributed by atoms with Crippen molar-refractivity contribution in [2.45, 2.75) is 62.0 Å². The van der Waals surface area contributed by atoms with Gasteiger partial charge in [-0.2, -0.15) is 4.31 Å². The van der Waals surface area contributed by atoms with Crippen molar-refractivity contribution in [3.05, 3.63) is 53.6 Å². The Hall–Kier alpha value is -2.58. The molecule has 1 unspecified atom stereocenters. The normalized spacial score (nSPS) is 20.9. The summed E-state index contributed by atoms with van der Waals surface area (Å²) < 4.78 is 39.5. The van der Waals surface area contributed by atoms with Gasteiger partial charge in [0.25, 0.3) is 0 Å². The highest BCUT2D eigenvalue weighted by atomic mass is 32.2. The van der Waals surface area contributed by atoms with Gasteiger partial charge in [-0.15, -0.1) is 0 Å². The summed E-state index contributed by atoms with van der Waals surface area (Å²) in [6, 6.07) is 11.8. The van der Waals surface area contributed by atoms with Crippen LogP contribution in [0, 0.1) is 0 Å². The first-order valence-electron chi connectivity index (χ1n) is 11.0. The number of carbonyl (C=O) groups is 1. The minimum Gasteiger partial charge on any atom is -0.493 e. The molecule has 4 rings (SSSR count). The Morgan fingerprint density at radius 3 is 2.34 bits per heavy atom. The third kappa shape index (κ3) is 4.47. The molecule has 0 radical (unpaired) electrons. The molecular weight excluding hydrogens is 428 g/mol. The lowest BCUT2D eigenvalue weighted by atomic mass is 9.95. The van der Waals surface area contributed by atoms with Gasteiger partial charge in [-0.05, 0) is 36.5 Å². The fourth-order valence-corrected chi connectivity index (χ4v) is 6.44.